The average molecular weight is 238 g/mol. The lowest BCUT2D eigenvalue weighted by Gasteiger charge is -2.04. The third kappa shape index (κ3) is 3.81. The minimum Gasteiger partial charge on any atom is -0.288 e. The molecule has 1 nitrogen and oxygen atoms in total. The summed E-state index contributed by atoms with van der Waals surface area (Å²) in [6, 6.07) is 5.56. The molecule has 0 saturated heterocycles. The Morgan fingerprint density at radius 2 is 2.00 bits per heavy atom. The molecule has 0 fully saturated rings. The molecule has 0 radical (unpaired) electrons. The quantitative estimate of drug-likeness (QED) is 0.422. The van der Waals surface area contributed by atoms with Gasteiger partial charge in [-0.3, -0.25) is 4.79 Å². The van der Waals surface area contributed by atoms with Gasteiger partial charge in [0.25, 0.3) is 0 Å². The minimum atomic E-state index is -0.333. The number of hydrogen-bond acceptors (Lipinski definition) is 2. The van der Waals surface area contributed by atoms with Crippen molar-refractivity contribution in [2.24, 2.45) is 0 Å². The van der Waals surface area contributed by atoms with Crippen LogP contribution in [-0.4, -0.2) is 11.5 Å². The van der Waals surface area contributed by atoms with Crippen molar-refractivity contribution in [3.63, 3.8) is 0 Å². The summed E-state index contributed by atoms with van der Waals surface area (Å²) in [7, 11) is 0. The monoisotopic (exact) mass is 238 g/mol. The van der Waals surface area contributed by atoms with Gasteiger partial charge >= 0.3 is 0 Å². The lowest BCUT2D eigenvalue weighted by atomic mass is 10.1. The summed E-state index contributed by atoms with van der Waals surface area (Å²) in [6.07, 6.45) is 2.17. The van der Waals surface area contributed by atoms with Crippen LogP contribution in [0.15, 0.2) is 35.7 Å². The van der Waals surface area contributed by atoms with Gasteiger partial charge in [-0.2, -0.15) is 0 Å². The SMILES string of the molecule is C=C(SCCCC)C(=O)c1ccc(F)cc1. The zero-order valence-corrected chi connectivity index (χ0v) is 10.1. The van der Waals surface area contributed by atoms with Crippen LogP contribution in [0.5, 0.6) is 0 Å². The lowest BCUT2D eigenvalue weighted by Crippen LogP contribution is -2.00. The van der Waals surface area contributed by atoms with Crippen molar-refractivity contribution >= 4 is 17.5 Å². The second-order valence-corrected chi connectivity index (χ2v) is 4.65. The maximum absolute atomic E-state index is 12.7. The fraction of sp³-hybridized carbons (Fsp3) is 0.308. The third-order valence-corrected chi connectivity index (χ3v) is 3.16. The first-order chi connectivity index (χ1) is 7.65. The number of rotatable bonds is 6. The Morgan fingerprint density at radius 1 is 1.38 bits per heavy atom. The molecule has 0 saturated carbocycles. The Morgan fingerprint density at radius 3 is 2.56 bits per heavy atom. The Bertz CT molecular complexity index is 370. The molecule has 1 aromatic carbocycles. The third-order valence-electron chi connectivity index (χ3n) is 2.13. The van der Waals surface area contributed by atoms with Crippen LogP contribution in [0.1, 0.15) is 30.1 Å². The maximum Gasteiger partial charge on any atom is 0.198 e. The highest BCUT2D eigenvalue weighted by Crippen LogP contribution is 2.20. The van der Waals surface area contributed by atoms with E-state index < -0.39 is 0 Å². The van der Waals surface area contributed by atoms with E-state index in [1.807, 2.05) is 0 Å². The van der Waals surface area contributed by atoms with Crippen molar-refractivity contribution < 1.29 is 9.18 Å². The highest BCUT2D eigenvalue weighted by Gasteiger charge is 2.10. The second-order valence-electron chi connectivity index (χ2n) is 3.46. The van der Waals surface area contributed by atoms with E-state index in [0.717, 1.165) is 18.6 Å². The number of benzene rings is 1. The number of hydrogen-bond donors (Lipinski definition) is 0. The van der Waals surface area contributed by atoms with Crippen molar-refractivity contribution in [3.05, 3.63) is 47.1 Å². The van der Waals surface area contributed by atoms with E-state index in [1.165, 1.54) is 36.0 Å². The molecule has 16 heavy (non-hydrogen) atoms. The first kappa shape index (κ1) is 13.0. The summed E-state index contributed by atoms with van der Waals surface area (Å²) in [4.78, 5) is 12.3. The van der Waals surface area contributed by atoms with Crippen LogP contribution >= 0.6 is 11.8 Å². The van der Waals surface area contributed by atoms with Gasteiger partial charge in [0, 0.05) is 10.5 Å². The second kappa shape index (κ2) is 6.48. The van der Waals surface area contributed by atoms with Crippen LogP contribution in [0.4, 0.5) is 4.39 Å². The normalized spacial score (nSPS) is 10.1. The molecule has 0 aliphatic rings. The Kier molecular flexibility index (Phi) is 5.26. The molecule has 0 unspecified atom stereocenters. The first-order valence-corrected chi connectivity index (χ1v) is 6.25. The molecule has 3 heteroatoms. The van der Waals surface area contributed by atoms with Crippen molar-refractivity contribution in [2.45, 2.75) is 19.8 Å². The summed E-state index contributed by atoms with van der Waals surface area (Å²) in [5, 5.41) is 0. The Hall–Kier alpha value is -1.09. The topological polar surface area (TPSA) is 17.1 Å². The van der Waals surface area contributed by atoms with Crippen molar-refractivity contribution in [1.82, 2.24) is 0 Å². The van der Waals surface area contributed by atoms with Gasteiger partial charge in [0.1, 0.15) is 5.82 Å². The highest BCUT2D eigenvalue weighted by molar-refractivity contribution is 8.04. The van der Waals surface area contributed by atoms with Crippen LogP contribution in [0.2, 0.25) is 0 Å². The predicted octanol–water partition coefficient (Wildman–Crippen LogP) is 4.06. The largest absolute Gasteiger partial charge is 0.288 e. The molecule has 0 N–H and O–H groups in total. The number of Topliss-reactive ketones (excluding diaryl/α,β-unsaturated/α-hetero) is 1. The van der Waals surface area contributed by atoms with Crippen molar-refractivity contribution in [2.75, 3.05) is 5.75 Å². The summed E-state index contributed by atoms with van der Waals surface area (Å²) in [6.45, 7) is 5.85. The molecule has 0 aromatic heterocycles. The van der Waals surface area contributed by atoms with Crippen LogP contribution in [0.3, 0.4) is 0 Å². The molecule has 0 atom stereocenters. The minimum absolute atomic E-state index is 0.110. The van der Waals surface area contributed by atoms with Crippen LogP contribution < -0.4 is 0 Å². The van der Waals surface area contributed by atoms with E-state index in [4.69, 9.17) is 0 Å². The summed E-state index contributed by atoms with van der Waals surface area (Å²) in [5.41, 5.74) is 0.496. The molecule has 0 spiro atoms. The summed E-state index contributed by atoms with van der Waals surface area (Å²) < 4.78 is 12.7. The molecule has 0 amide bonds. The van der Waals surface area contributed by atoms with Gasteiger partial charge in [-0.1, -0.05) is 19.9 Å². The molecule has 0 aliphatic heterocycles. The lowest BCUT2D eigenvalue weighted by molar-refractivity contribution is 0.104. The molecular formula is C13H15FOS. The van der Waals surface area contributed by atoms with E-state index in [-0.39, 0.29) is 11.6 Å². The number of unbranched alkanes of at least 4 members (excludes halogenated alkanes) is 1. The van der Waals surface area contributed by atoms with E-state index >= 15 is 0 Å². The van der Waals surface area contributed by atoms with Gasteiger partial charge in [0.2, 0.25) is 0 Å². The Labute approximate surface area is 99.7 Å². The Balaban J connectivity index is 2.57. The fourth-order valence-corrected chi connectivity index (χ4v) is 2.10. The number of carbonyl (C=O) groups is 1. The molecule has 86 valence electrons. The molecule has 0 bridgehead atoms. The fourth-order valence-electron chi connectivity index (χ4n) is 1.17. The van der Waals surface area contributed by atoms with Gasteiger partial charge in [-0.15, -0.1) is 11.8 Å². The summed E-state index contributed by atoms with van der Waals surface area (Å²) >= 11 is 1.47. The number of allylic oxidation sites excluding steroid dienone is 1. The average Bonchev–Trinajstić information content (AvgIpc) is 2.29. The van der Waals surface area contributed by atoms with Gasteiger partial charge in [0.05, 0.1) is 0 Å². The molecule has 1 rings (SSSR count). The zero-order valence-electron chi connectivity index (χ0n) is 9.33. The van der Waals surface area contributed by atoms with E-state index in [0.29, 0.717) is 10.5 Å². The van der Waals surface area contributed by atoms with Gasteiger partial charge in [0.15, 0.2) is 5.78 Å². The van der Waals surface area contributed by atoms with Crippen molar-refractivity contribution in [1.29, 1.82) is 0 Å². The zero-order chi connectivity index (χ0) is 12.0. The molecule has 1 aromatic rings. The number of thioether (sulfide) groups is 1. The van der Waals surface area contributed by atoms with Gasteiger partial charge < -0.3 is 0 Å². The molecule has 0 aliphatic carbocycles. The van der Waals surface area contributed by atoms with Crippen LogP contribution in [-0.2, 0) is 0 Å². The molecular weight excluding hydrogens is 223 g/mol. The van der Waals surface area contributed by atoms with Crippen molar-refractivity contribution in [3.8, 4) is 0 Å². The standard InChI is InChI=1S/C13H15FOS/c1-3-4-9-16-10(2)13(15)11-5-7-12(14)8-6-11/h5-8H,2-4,9H2,1H3. The number of halogens is 1. The van der Waals surface area contributed by atoms with Gasteiger partial charge in [-0.25, -0.2) is 4.39 Å². The maximum atomic E-state index is 12.7. The van der Waals surface area contributed by atoms with Gasteiger partial charge in [-0.05, 0) is 36.4 Å². The smallest absolute Gasteiger partial charge is 0.198 e. The first-order valence-electron chi connectivity index (χ1n) is 5.27. The van der Waals surface area contributed by atoms with Crippen LogP contribution in [0.25, 0.3) is 0 Å². The highest BCUT2D eigenvalue weighted by atomic mass is 32.2. The van der Waals surface area contributed by atoms with E-state index in [2.05, 4.69) is 13.5 Å². The summed E-state index contributed by atoms with van der Waals surface area (Å²) in [5.74, 6) is 0.462. The predicted molar refractivity (Wildman–Crippen MR) is 67.2 cm³/mol. The number of carbonyl (C=O) groups excluding carboxylic acids is 1. The van der Waals surface area contributed by atoms with E-state index in [1.54, 1.807) is 0 Å². The van der Waals surface area contributed by atoms with Crippen LogP contribution in [0, 0.1) is 5.82 Å². The number of ketones is 1. The van der Waals surface area contributed by atoms with E-state index in [9.17, 15) is 9.18 Å². The molecule has 0 heterocycles.